The van der Waals surface area contributed by atoms with E-state index in [1.54, 1.807) is 12.1 Å². The normalized spacial score (nSPS) is 10.3. The standard InChI is InChI=1S/C14H19N5O2/c1-2-9-21-14-18-12(15)17-13(19-14)16-8-7-10-3-5-11(20)6-4-10/h3-6,20H,2,7-9H2,1H3,(H3,15,16,17,18,19). The topological polar surface area (TPSA) is 106 Å². The molecular formula is C14H19N5O2. The second-order valence-corrected chi connectivity index (χ2v) is 4.49. The van der Waals surface area contributed by atoms with E-state index >= 15 is 0 Å². The molecule has 0 bridgehead atoms. The van der Waals surface area contributed by atoms with E-state index in [1.807, 2.05) is 19.1 Å². The molecule has 1 aromatic heterocycles. The maximum atomic E-state index is 9.22. The van der Waals surface area contributed by atoms with Gasteiger partial charge in [0.25, 0.3) is 0 Å². The Bertz CT molecular complexity index is 574. The number of hydrogen-bond donors (Lipinski definition) is 3. The number of nitrogens with zero attached hydrogens (tertiary/aromatic N) is 3. The Balaban J connectivity index is 1.90. The third kappa shape index (κ3) is 4.79. The summed E-state index contributed by atoms with van der Waals surface area (Å²) in [7, 11) is 0. The summed E-state index contributed by atoms with van der Waals surface area (Å²) in [5.74, 6) is 0.783. The molecule has 0 unspecified atom stereocenters. The van der Waals surface area contributed by atoms with Crippen molar-refractivity contribution in [2.24, 2.45) is 0 Å². The number of nitrogens with two attached hydrogens (primary N) is 1. The van der Waals surface area contributed by atoms with E-state index in [9.17, 15) is 5.11 Å². The highest BCUT2D eigenvalue weighted by atomic mass is 16.5. The van der Waals surface area contributed by atoms with Crippen molar-refractivity contribution in [2.45, 2.75) is 19.8 Å². The lowest BCUT2D eigenvalue weighted by Crippen LogP contribution is -2.11. The van der Waals surface area contributed by atoms with Crippen molar-refractivity contribution in [1.29, 1.82) is 0 Å². The monoisotopic (exact) mass is 289 g/mol. The van der Waals surface area contributed by atoms with Crippen molar-refractivity contribution in [3.63, 3.8) is 0 Å². The van der Waals surface area contributed by atoms with Gasteiger partial charge in [-0.25, -0.2) is 0 Å². The van der Waals surface area contributed by atoms with Crippen LogP contribution in [0.5, 0.6) is 11.8 Å². The predicted octanol–water partition coefficient (Wildman–Crippen LogP) is 1.60. The molecule has 0 radical (unpaired) electrons. The maximum Gasteiger partial charge on any atom is 0.323 e. The SMILES string of the molecule is CCCOc1nc(N)nc(NCCc2ccc(O)cc2)n1. The van der Waals surface area contributed by atoms with E-state index in [2.05, 4.69) is 20.3 Å². The number of nitrogen functional groups attached to an aromatic ring is 1. The fraction of sp³-hybridized carbons (Fsp3) is 0.357. The molecule has 0 amide bonds. The van der Waals surface area contributed by atoms with Gasteiger partial charge in [0, 0.05) is 6.54 Å². The van der Waals surface area contributed by atoms with Gasteiger partial charge >= 0.3 is 6.01 Å². The van der Waals surface area contributed by atoms with Gasteiger partial charge in [0.2, 0.25) is 11.9 Å². The minimum absolute atomic E-state index is 0.128. The smallest absolute Gasteiger partial charge is 0.323 e. The lowest BCUT2D eigenvalue weighted by molar-refractivity contribution is 0.292. The summed E-state index contributed by atoms with van der Waals surface area (Å²) in [6.07, 6.45) is 1.65. The molecule has 1 aromatic carbocycles. The molecule has 0 aliphatic heterocycles. The molecule has 4 N–H and O–H groups in total. The zero-order valence-corrected chi connectivity index (χ0v) is 11.9. The van der Waals surface area contributed by atoms with Crippen LogP contribution in [-0.4, -0.2) is 33.2 Å². The fourth-order valence-corrected chi connectivity index (χ4v) is 1.69. The number of rotatable bonds is 7. The largest absolute Gasteiger partial charge is 0.508 e. The van der Waals surface area contributed by atoms with Crippen LogP contribution in [0.2, 0.25) is 0 Å². The van der Waals surface area contributed by atoms with Crippen LogP contribution in [0, 0.1) is 0 Å². The third-order valence-corrected chi connectivity index (χ3v) is 2.70. The molecular weight excluding hydrogens is 270 g/mol. The van der Waals surface area contributed by atoms with Crippen LogP contribution in [0.25, 0.3) is 0 Å². The Kier molecular flexibility index (Phi) is 5.14. The first kappa shape index (κ1) is 14.8. The zero-order chi connectivity index (χ0) is 15.1. The number of phenolic OH excluding ortho intramolecular Hbond substituents is 1. The Labute approximate surface area is 123 Å². The highest BCUT2D eigenvalue weighted by Crippen LogP contribution is 2.11. The van der Waals surface area contributed by atoms with E-state index in [-0.39, 0.29) is 17.7 Å². The highest BCUT2D eigenvalue weighted by molar-refractivity contribution is 5.33. The van der Waals surface area contributed by atoms with Crippen molar-refractivity contribution in [3.8, 4) is 11.8 Å². The molecule has 21 heavy (non-hydrogen) atoms. The van der Waals surface area contributed by atoms with Gasteiger partial charge in [-0.2, -0.15) is 15.0 Å². The van der Waals surface area contributed by atoms with Crippen molar-refractivity contribution in [1.82, 2.24) is 15.0 Å². The molecule has 7 nitrogen and oxygen atoms in total. The molecule has 0 fully saturated rings. The predicted molar refractivity (Wildman–Crippen MR) is 80.3 cm³/mol. The maximum absolute atomic E-state index is 9.22. The molecule has 0 saturated carbocycles. The van der Waals surface area contributed by atoms with Crippen LogP contribution >= 0.6 is 0 Å². The highest BCUT2D eigenvalue weighted by Gasteiger charge is 2.05. The van der Waals surface area contributed by atoms with Crippen LogP contribution in [0.15, 0.2) is 24.3 Å². The Hall–Kier alpha value is -2.57. The molecule has 0 spiro atoms. The third-order valence-electron chi connectivity index (χ3n) is 2.70. The molecule has 0 aliphatic carbocycles. The van der Waals surface area contributed by atoms with Gasteiger partial charge in [-0.15, -0.1) is 0 Å². The minimum Gasteiger partial charge on any atom is -0.508 e. The lowest BCUT2D eigenvalue weighted by atomic mass is 10.1. The van der Waals surface area contributed by atoms with E-state index < -0.39 is 0 Å². The Morgan fingerprint density at radius 1 is 1.19 bits per heavy atom. The van der Waals surface area contributed by atoms with Crippen molar-refractivity contribution in [2.75, 3.05) is 24.2 Å². The van der Waals surface area contributed by atoms with Crippen LogP contribution in [0.4, 0.5) is 11.9 Å². The molecule has 7 heteroatoms. The summed E-state index contributed by atoms with van der Waals surface area (Å²) < 4.78 is 5.34. The summed E-state index contributed by atoms with van der Waals surface area (Å²) in [6, 6.07) is 7.29. The van der Waals surface area contributed by atoms with Crippen LogP contribution in [0.1, 0.15) is 18.9 Å². The van der Waals surface area contributed by atoms with Crippen LogP contribution in [0.3, 0.4) is 0 Å². The molecule has 2 rings (SSSR count). The van der Waals surface area contributed by atoms with Crippen LogP contribution in [-0.2, 0) is 6.42 Å². The van der Waals surface area contributed by atoms with E-state index in [1.165, 1.54) is 0 Å². The van der Waals surface area contributed by atoms with Gasteiger partial charge < -0.3 is 20.9 Å². The van der Waals surface area contributed by atoms with Crippen LogP contribution < -0.4 is 15.8 Å². The van der Waals surface area contributed by atoms with Gasteiger partial charge in [-0.3, -0.25) is 0 Å². The number of ether oxygens (including phenoxy) is 1. The number of phenols is 1. The van der Waals surface area contributed by atoms with Gasteiger partial charge in [-0.05, 0) is 30.5 Å². The molecule has 112 valence electrons. The second-order valence-electron chi connectivity index (χ2n) is 4.49. The molecule has 0 atom stereocenters. The summed E-state index contributed by atoms with van der Waals surface area (Å²) in [4.78, 5) is 12.1. The summed E-state index contributed by atoms with van der Waals surface area (Å²) in [6.45, 7) is 3.18. The average molecular weight is 289 g/mol. The Morgan fingerprint density at radius 3 is 2.67 bits per heavy atom. The molecule has 0 saturated heterocycles. The average Bonchev–Trinajstić information content (AvgIpc) is 2.47. The first-order chi connectivity index (χ1) is 10.2. The number of aromatic hydroxyl groups is 1. The summed E-state index contributed by atoms with van der Waals surface area (Å²) >= 11 is 0. The number of anilines is 2. The first-order valence-corrected chi connectivity index (χ1v) is 6.83. The molecule has 0 aliphatic rings. The van der Waals surface area contributed by atoms with E-state index in [4.69, 9.17) is 10.5 Å². The lowest BCUT2D eigenvalue weighted by Gasteiger charge is -2.08. The van der Waals surface area contributed by atoms with Gasteiger partial charge in [0.15, 0.2) is 0 Å². The quantitative estimate of drug-likeness (QED) is 0.710. The number of aromatic nitrogens is 3. The van der Waals surface area contributed by atoms with Crippen molar-refractivity contribution >= 4 is 11.9 Å². The second kappa shape index (κ2) is 7.28. The minimum atomic E-state index is 0.128. The van der Waals surface area contributed by atoms with E-state index in [0.717, 1.165) is 18.4 Å². The van der Waals surface area contributed by atoms with E-state index in [0.29, 0.717) is 19.1 Å². The van der Waals surface area contributed by atoms with Gasteiger partial charge in [0.05, 0.1) is 6.61 Å². The van der Waals surface area contributed by atoms with Crippen molar-refractivity contribution < 1.29 is 9.84 Å². The van der Waals surface area contributed by atoms with Crippen molar-refractivity contribution in [3.05, 3.63) is 29.8 Å². The van der Waals surface area contributed by atoms with Gasteiger partial charge in [0.1, 0.15) is 5.75 Å². The molecule has 1 heterocycles. The fourth-order valence-electron chi connectivity index (χ4n) is 1.69. The number of nitrogens with one attached hydrogen (secondary N) is 1. The molecule has 2 aromatic rings. The van der Waals surface area contributed by atoms with Gasteiger partial charge in [-0.1, -0.05) is 19.1 Å². The summed E-state index contributed by atoms with van der Waals surface area (Å²) in [5.41, 5.74) is 6.72. The number of hydrogen-bond acceptors (Lipinski definition) is 7. The Morgan fingerprint density at radius 2 is 1.95 bits per heavy atom. The first-order valence-electron chi connectivity index (χ1n) is 6.83. The summed E-state index contributed by atoms with van der Waals surface area (Å²) in [5, 5.41) is 12.3. The zero-order valence-electron chi connectivity index (χ0n) is 11.9. The number of benzene rings is 1.